The van der Waals surface area contributed by atoms with E-state index in [1.807, 2.05) is 56.3 Å². The molecule has 0 aromatic heterocycles. The Balaban J connectivity index is 2.22. The molecule has 0 fully saturated rings. The Bertz CT molecular complexity index is 657. The highest BCUT2D eigenvalue weighted by molar-refractivity contribution is 9.10. The molecule has 4 heteroatoms. The van der Waals surface area contributed by atoms with E-state index in [0.29, 0.717) is 10.6 Å². The molecule has 0 bridgehead atoms. The van der Waals surface area contributed by atoms with Crippen LogP contribution in [-0.2, 0) is 0 Å². The molecule has 1 N–H and O–H groups in total. The molecule has 0 spiro atoms. The van der Waals surface area contributed by atoms with Gasteiger partial charge in [-0.3, -0.25) is 4.79 Å². The van der Waals surface area contributed by atoms with E-state index in [1.165, 1.54) is 0 Å². The van der Waals surface area contributed by atoms with E-state index in [9.17, 15) is 4.79 Å². The summed E-state index contributed by atoms with van der Waals surface area (Å²) in [4.78, 5) is 12.5. The molecule has 0 heterocycles. The standard InChI is InChI=1S/C17H17BrClNO/c1-3-16(12-5-4-6-14(19)9-12)20-17(21)15-10-13(18)8-7-11(15)2/h4-10,16H,3H2,1-2H3,(H,20,21). The van der Waals surface area contributed by atoms with Gasteiger partial charge in [0.05, 0.1) is 6.04 Å². The molecule has 0 saturated heterocycles. The van der Waals surface area contributed by atoms with Gasteiger partial charge in [-0.1, -0.05) is 52.7 Å². The Morgan fingerprint density at radius 2 is 2.05 bits per heavy atom. The highest BCUT2D eigenvalue weighted by Gasteiger charge is 2.16. The first kappa shape index (κ1) is 16.1. The van der Waals surface area contributed by atoms with Gasteiger partial charge in [-0.05, 0) is 48.7 Å². The molecule has 2 nitrogen and oxygen atoms in total. The van der Waals surface area contributed by atoms with Crippen molar-refractivity contribution in [2.75, 3.05) is 0 Å². The third-order valence-electron chi connectivity index (χ3n) is 3.41. The first-order chi connectivity index (χ1) is 10.0. The lowest BCUT2D eigenvalue weighted by Crippen LogP contribution is -2.28. The number of halogens is 2. The van der Waals surface area contributed by atoms with Crippen LogP contribution in [0.4, 0.5) is 0 Å². The average molecular weight is 367 g/mol. The minimum atomic E-state index is -0.0689. The highest BCUT2D eigenvalue weighted by Crippen LogP contribution is 2.22. The lowest BCUT2D eigenvalue weighted by molar-refractivity contribution is 0.0935. The summed E-state index contributed by atoms with van der Waals surface area (Å²) in [5.74, 6) is -0.0689. The molecule has 1 atom stereocenters. The van der Waals surface area contributed by atoms with Crippen molar-refractivity contribution < 1.29 is 4.79 Å². The van der Waals surface area contributed by atoms with Crippen molar-refractivity contribution in [2.45, 2.75) is 26.3 Å². The van der Waals surface area contributed by atoms with Crippen LogP contribution in [0.5, 0.6) is 0 Å². The van der Waals surface area contributed by atoms with Crippen molar-refractivity contribution in [3.05, 3.63) is 68.7 Å². The van der Waals surface area contributed by atoms with E-state index in [2.05, 4.69) is 21.2 Å². The van der Waals surface area contributed by atoms with E-state index in [-0.39, 0.29) is 11.9 Å². The molecular formula is C17H17BrClNO. The number of amides is 1. The fraction of sp³-hybridized carbons (Fsp3) is 0.235. The van der Waals surface area contributed by atoms with Crippen molar-refractivity contribution in [3.8, 4) is 0 Å². The number of aryl methyl sites for hydroxylation is 1. The summed E-state index contributed by atoms with van der Waals surface area (Å²) in [5.41, 5.74) is 2.66. The molecule has 2 aromatic carbocycles. The van der Waals surface area contributed by atoms with E-state index in [0.717, 1.165) is 22.0 Å². The van der Waals surface area contributed by atoms with Gasteiger partial charge in [0.2, 0.25) is 0 Å². The van der Waals surface area contributed by atoms with Crippen LogP contribution < -0.4 is 5.32 Å². The van der Waals surface area contributed by atoms with Gasteiger partial charge in [0.1, 0.15) is 0 Å². The van der Waals surface area contributed by atoms with Crippen molar-refractivity contribution in [2.24, 2.45) is 0 Å². The molecule has 2 rings (SSSR count). The SMILES string of the molecule is CCC(NC(=O)c1cc(Br)ccc1C)c1cccc(Cl)c1. The third kappa shape index (κ3) is 4.08. The lowest BCUT2D eigenvalue weighted by Gasteiger charge is -2.18. The summed E-state index contributed by atoms with van der Waals surface area (Å²) >= 11 is 9.43. The molecule has 21 heavy (non-hydrogen) atoms. The molecule has 1 amide bonds. The van der Waals surface area contributed by atoms with Crippen molar-refractivity contribution in [3.63, 3.8) is 0 Å². The van der Waals surface area contributed by atoms with Crippen LogP contribution in [0.15, 0.2) is 46.9 Å². The zero-order chi connectivity index (χ0) is 15.4. The van der Waals surface area contributed by atoms with Crippen LogP contribution in [0.1, 0.15) is 40.9 Å². The average Bonchev–Trinajstić information content (AvgIpc) is 2.47. The van der Waals surface area contributed by atoms with Gasteiger partial charge in [0.25, 0.3) is 5.91 Å². The van der Waals surface area contributed by atoms with Gasteiger partial charge in [-0.25, -0.2) is 0 Å². The van der Waals surface area contributed by atoms with Crippen LogP contribution in [0.2, 0.25) is 5.02 Å². The molecule has 0 saturated carbocycles. The Hall–Kier alpha value is -1.32. The van der Waals surface area contributed by atoms with Crippen molar-refractivity contribution in [1.29, 1.82) is 0 Å². The summed E-state index contributed by atoms with van der Waals surface area (Å²) in [6.45, 7) is 3.97. The summed E-state index contributed by atoms with van der Waals surface area (Å²) in [5, 5.41) is 3.76. The number of hydrogen-bond acceptors (Lipinski definition) is 1. The number of benzene rings is 2. The Kier molecular flexibility index (Phi) is 5.43. The molecular weight excluding hydrogens is 350 g/mol. The summed E-state index contributed by atoms with van der Waals surface area (Å²) in [7, 11) is 0. The first-order valence-corrected chi connectivity index (χ1v) is 8.01. The number of carbonyl (C=O) groups excluding carboxylic acids is 1. The minimum absolute atomic E-state index is 0.0467. The molecule has 1 unspecified atom stereocenters. The quantitative estimate of drug-likeness (QED) is 0.782. The predicted octanol–water partition coefficient (Wildman–Crippen LogP) is 5.29. The molecule has 0 radical (unpaired) electrons. The molecule has 0 aliphatic heterocycles. The topological polar surface area (TPSA) is 29.1 Å². The Morgan fingerprint density at radius 3 is 2.71 bits per heavy atom. The fourth-order valence-electron chi connectivity index (χ4n) is 2.22. The van der Waals surface area contributed by atoms with Gasteiger partial charge >= 0.3 is 0 Å². The maximum absolute atomic E-state index is 12.5. The highest BCUT2D eigenvalue weighted by atomic mass is 79.9. The molecule has 110 valence electrons. The Labute approximate surface area is 138 Å². The largest absolute Gasteiger partial charge is 0.345 e. The summed E-state index contributed by atoms with van der Waals surface area (Å²) < 4.78 is 0.897. The number of rotatable bonds is 4. The first-order valence-electron chi connectivity index (χ1n) is 6.83. The number of hydrogen-bond donors (Lipinski definition) is 1. The number of carbonyl (C=O) groups is 1. The monoisotopic (exact) mass is 365 g/mol. The van der Waals surface area contributed by atoms with Gasteiger partial charge in [0.15, 0.2) is 0 Å². The zero-order valence-electron chi connectivity index (χ0n) is 12.0. The second-order valence-corrected chi connectivity index (χ2v) is 6.30. The van der Waals surface area contributed by atoms with Gasteiger partial charge in [0, 0.05) is 15.1 Å². The second kappa shape index (κ2) is 7.10. The van der Waals surface area contributed by atoms with Crippen LogP contribution in [0.3, 0.4) is 0 Å². The summed E-state index contributed by atoms with van der Waals surface area (Å²) in [6.07, 6.45) is 0.805. The number of nitrogens with one attached hydrogen (secondary N) is 1. The van der Waals surface area contributed by atoms with Crippen molar-refractivity contribution >= 4 is 33.4 Å². The third-order valence-corrected chi connectivity index (χ3v) is 4.14. The normalized spacial score (nSPS) is 12.0. The molecule has 0 aliphatic rings. The maximum Gasteiger partial charge on any atom is 0.252 e. The van der Waals surface area contributed by atoms with Crippen LogP contribution in [-0.4, -0.2) is 5.91 Å². The molecule has 0 aliphatic carbocycles. The van der Waals surface area contributed by atoms with E-state index < -0.39 is 0 Å². The van der Waals surface area contributed by atoms with Crippen LogP contribution in [0.25, 0.3) is 0 Å². The predicted molar refractivity (Wildman–Crippen MR) is 90.8 cm³/mol. The van der Waals surface area contributed by atoms with Gasteiger partial charge in [-0.2, -0.15) is 0 Å². The van der Waals surface area contributed by atoms with Crippen molar-refractivity contribution in [1.82, 2.24) is 5.32 Å². The van der Waals surface area contributed by atoms with E-state index in [1.54, 1.807) is 0 Å². The minimum Gasteiger partial charge on any atom is -0.345 e. The molecule has 2 aromatic rings. The van der Waals surface area contributed by atoms with Gasteiger partial charge < -0.3 is 5.32 Å². The van der Waals surface area contributed by atoms with Gasteiger partial charge in [-0.15, -0.1) is 0 Å². The second-order valence-electron chi connectivity index (χ2n) is 4.95. The van der Waals surface area contributed by atoms with E-state index >= 15 is 0 Å². The van der Waals surface area contributed by atoms with Crippen LogP contribution >= 0.6 is 27.5 Å². The summed E-state index contributed by atoms with van der Waals surface area (Å²) in [6, 6.07) is 13.3. The van der Waals surface area contributed by atoms with E-state index in [4.69, 9.17) is 11.6 Å². The van der Waals surface area contributed by atoms with Crippen LogP contribution in [0, 0.1) is 6.92 Å². The zero-order valence-corrected chi connectivity index (χ0v) is 14.3. The smallest absolute Gasteiger partial charge is 0.252 e. The fourth-order valence-corrected chi connectivity index (χ4v) is 2.78. The maximum atomic E-state index is 12.5. The lowest BCUT2D eigenvalue weighted by atomic mass is 10.0. The Morgan fingerprint density at radius 1 is 1.29 bits per heavy atom.